The standard InChI is InChI=1S/C24H20ClN3O2/c25-22-13-23(26)28-14-16(22)7-5-6-12-27-24(29)30-15-21-19-10-3-1-8-17(19)18-9-2-4-11-20(18)21/h1-4,8-11,13-14,21H,6,12,15H2,(H2,26,28)(H,27,29). The van der Waals surface area contributed by atoms with Gasteiger partial charge in [0.05, 0.1) is 10.6 Å². The number of pyridine rings is 1. The highest BCUT2D eigenvalue weighted by atomic mass is 35.5. The second-order valence-corrected chi connectivity index (χ2v) is 7.30. The third-order valence-corrected chi connectivity index (χ3v) is 5.27. The molecule has 0 aliphatic heterocycles. The van der Waals surface area contributed by atoms with Crippen LogP contribution in [0.1, 0.15) is 29.0 Å². The highest BCUT2D eigenvalue weighted by Gasteiger charge is 2.28. The van der Waals surface area contributed by atoms with E-state index in [1.807, 2.05) is 24.3 Å². The second-order valence-electron chi connectivity index (χ2n) is 6.89. The number of carbonyl (C=O) groups is 1. The van der Waals surface area contributed by atoms with E-state index >= 15 is 0 Å². The molecule has 2 aromatic carbocycles. The van der Waals surface area contributed by atoms with Crippen LogP contribution < -0.4 is 11.1 Å². The van der Waals surface area contributed by atoms with Crippen molar-refractivity contribution < 1.29 is 9.53 Å². The Balaban J connectivity index is 1.29. The Kier molecular flexibility index (Phi) is 5.87. The number of nitrogen functional groups attached to an aromatic ring is 1. The van der Waals surface area contributed by atoms with Gasteiger partial charge in [-0.05, 0) is 22.3 Å². The van der Waals surface area contributed by atoms with Crippen molar-refractivity contribution in [3.05, 3.63) is 82.5 Å². The lowest BCUT2D eigenvalue weighted by Crippen LogP contribution is -2.26. The lowest BCUT2D eigenvalue weighted by Gasteiger charge is -2.14. The Labute approximate surface area is 180 Å². The number of hydrogen-bond acceptors (Lipinski definition) is 4. The zero-order valence-electron chi connectivity index (χ0n) is 16.2. The fourth-order valence-corrected chi connectivity index (χ4v) is 3.78. The Morgan fingerprint density at radius 3 is 2.47 bits per heavy atom. The molecule has 0 fully saturated rings. The summed E-state index contributed by atoms with van der Waals surface area (Å²) in [5.74, 6) is 6.27. The van der Waals surface area contributed by atoms with Gasteiger partial charge in [-0.25, -0.2) is 9.78 Å². The van der Waals surface area contributed by atoms with Crippen LogP contribution >= 0.6 is 11.6 Å². The van der Waals surface area contributed by atoms with Crippen molar-refractivity contribution in [3.8, 4) is 23.0 Å². The van der Waals surface area contributed by atoms with Crippen LogP contribution in [0.3, 0.4) is 0 Å². The minimum atomic E-state index is -0.453. The summed E-state index contributed by atoms with van der Waals surface area (Å²) in [4.78, 5) is 16.1. The van der Waals surface area contributed by atoms with Gasteiger partial charge in [0.2, 0.25) is 0 Å². The van der Waals surface area contributed by atoms with E-state index in [0.717, 1.165) is 0 Å². The lowest BCUT2D eigenvalue weighted by atomic mass is 9.98. The molecule has 4 rings (SSSR count). The third-order valence-electron chi connectivity index (χ3n) is 4.96. The largest absolute Gasteiger partial charge is 0.449 e. The van der Waals surface area contributed by atoms with E-state index in [-0.39, 0.29) is 12.5 Å². The molecular weight excluding hydrogens is 398 g/mol. The number of rotatable bonds is 4. The number of nitrogens with two attached hydrogens (primary N) is 1. The van der Waals surface area contributed by atoms with Crippen LogP contribution in [0.15, 0.2) is 60.8 Å². The lowest BCUT2D eigenvalue weighted by molar-refractivity contribution is 0.143. The highest BCUT2D eigenvalue weighted by Crippen LogP contribution is 2.44. The average molecular weight is 418 g/mol. The molecule has 1 heterocycles. The smallest absolute Gasteiger partial charge is 0.407 e. The molecule has 1 aliphatic carbocycles. The van der Waals surface area contributed by atoms with E-state index in [4.69, 9.17) is 22.1 Å². The van der Waals surface area contributed by atoms with E-state index in [1.165, 1.54) is 28.5 Å². The Bertz CT molecular complexity index is 1100. The van der Waals surface area contributed by atoms with E-state index in [1.54, 1.807) is 6.07 Å². The molecule has 150 valence electrons. The molecule has 0 saturated carbocycles. The molecule has 3 aromatic rings. The van der Waals surface area contributed by atoms with Gasteiger partial charge in [-0.1, -0.05) is 72.0 Å². The molecule has 5 nitrogen and oxygen atoms in total. The van der Waals surface area contributed by atoms with Gasteiger partial charge in [0.15, 0.2) is 0 Å². The topological polar surface area (TPSA) is 77.2 Å². The third kappa shape index (κ3) is 4.24. The Morgan fingerprint density at radius 2 is 1.80 bits per heavy atom. The van der Waals surface area contributed by atoms with Gasteiger partial charge in [0.1, 0.15) is 12.4 Å². The zero-order chi connectivity index (χ0) is 20.9. The number of nitrogens with zero attached hydrogens (tertiary/aromatic N) is 1. The molecule has 1 aliphatic rings. The number of nitrogens with one attached hydrogen (secondary N) is 1. The maximum absolute atomic E-state index is 12.1. The van der Waals surface area contributed by atoms with E-state index in [0.29, 0.717) is 29.4 Å². The van der Waals surface area contributed by atoms with Crippen LogP contribution in [0.2, 0.25) is 5.02 Å². The van der Waals surface area contributed by atoms with Crippen molar-refractivity contribution in [2.24, 2.45) is 0 Å². The van der Waals surface area contributed by atoms with Gasteiger partial charge in [-0.2, -0.15) is 0 Å². The summed E-state index contributed by atoms with van der Waals surface area (Å²) >= 11 is 6.06. The SMILES string of the molecule is Nc1cc(Cl)c(C#CCCNC(=O)OCC2c3ccccc3-c3ccccc32)cn1. The van der Waals surface area contributed by atoms with Crippen LogP contribution in [0, 0.1) is 11.8 Å². The second kappa shape index (κ2) is 8.89. The summed E-state index contributed by atoms with van der Waals surface area (Å²) in [7, 11) is 0. The van der Waals surface area contributed by atoms with Crippen LogP contribution in [-0.2, 0) is 4.74 Å². The first-order valence-electron chi connectivity index (χ1n) is 9.62. The minimum absolute atomic E-state index is 0.0445. The normalized spacial score (nSPS) is 11.8. The number of halogens is 1. The molecular formula is C24H20ClN3O2. The van der Waals surface area contributed by atoms with Gasteiger partial charge in [0.25, 0.3) is 0 Å². The summed E-state index contributed by atoms with van der Waals surface area (Å²) in [6.45, 7) is 0.669. The molecule has 0 saturated heterocycles. The number of fused-ring (bicyclic) bond motifs is 3. The highest BCUT2D eigenvalue weighted by molar-refractivity contribution is 6.31. The van der Waals surface area contributed by atoms with Crippen molar-refractivity contribution in [1.29, 1.82) is 0 Å². The monoisotopic (exact) mass is 417 g/mol. The molecule has 0 radical (unpaired) electrons. The molecule has 0 bridgehead atoms. The van der Waals surface area contributed by atoms with Gasteiger partial charge in [-0.3, -0.25) is 0 Å². The summed E-state index contributed by atoms with van der Waals surface area (Å²) in [6.07, 6.45) is 1.54. The van der Waals surface area contributed by atoms with Crippen LogP contribution in [-0.4, -0.2) is 24.2 Å². The molecule has 3 N–H and O–H groups in total. The maximum atomic E-state index is 12.1. The van der Waals surface area contributed by atoms with Crippen molar-refractivity contribution in [2.45, 2.75) is 12.3 Å². The van der Waals surface area contributed by atoms with Crippen molar-refractivity contribution in [1.82, 2.24) is 10.3 Å². The Hall–Kier alpha value is -3.49. The fraction of sp³-hybridized carbons (Fsp3) is 0.167. The predicted molar refractivity (Wildman–Crippen MR) is 118 cm³/mol. The van der Waals surface area contributed by atoms with Crippen LogP contribution in [0.4, 0.5) is 10.6 Å². The van der Waals surface area contributed by atoms with Gasteiger partial charge in [0, 0.05) is 31.1 Å². The summed E-state index contributed by atoms with van der Waals surface area (Å²) < 4.78 is 5.49. The van der Waals surface area contributed by atoms with Crippen LogP contribution in [0.25, 0.3) is 11.1 Å². The number of ether oxygens (including phenoxy) is 1. The minimum Gasteiger partial charge on any atom is -0.449 e. The zero-order valence-corrected chi connectivity index (χ0v) is 16.9. The van der Waals surface area contributed by atoms with Gasteiger partial charge < -0.3 is 15.8 Å². The molecule has 0 spiro atoms. The molecule has 1 amide bonds. The first-order chi connectivity index (χ1) is 14.6. The molecule has 0 unspecified atom stereocenters. The van der Waals surface area contributed by atoms with Crippen LogP contribution in [0.5, 0.6) is 0 Å². The van der Waals surface area contributed by atoms with Crippen molar-refractivity contribution in [3.63, 3.8) is 0 Å². The molecule has 30 heavy (non-hydrogen) atoms. The van der Waals surface area contributed by atoms with E-state index < -0.39 is 6.09 Å². The molecule has 1 aromatic heterocycles. The Morgan fingerprint density at radius 1 is 1.13 bits per heavy atom. The predicted octanol–water partition coefficient (Wildman–Crippen LogP) is 4.60. The number of alkyl carbamates (subject to hydrolysis) is 1. The maximum Gasteiger partial charge on any atom is 0.407 e. The van der Waals surface area contributed by atoms with Gasteiger partial charge >= 0.3 is 6.09 Å². The number of benzene rings is 2. The number of amides is 1. The summed E-state index contributed by atoms with van der Waals surface area (Å²) in [6, 6.07) is 18.0. The quantitative estimate of drug-likeness (QED) is 0.480. The first-order valence-corrected chi connectivity index (χ1v) is 10.00. The average Bonchev–Trinajstić information content (AvgIpc) is 3.07. The number of anilines is 1. The van der Waals surface area contributed by atoms with E-state index in [9.17, 15) is 4.79 Å². The first kappa shape index (κ1) is 19.8. The van der Waals surface area contributed by atoms with Crippen molar-refractivity contribution in [2.75, 3.05) is 18.9 Å². The molecule has 6 heteroatoms. The molecule has 0 atom stereocenters. The van der Waals surface area contributed by atoms with Crippen molar-refractivity contribution >= 4 is 23.5 Å². The van der Waals surface area contributed by atoms with Gasteiger partial charge in [-0.15, -0.1) is 0 Å². The fourth-order valence-electron chi connectivity index (χ4n) is 3.57. The van der Waals surface area contributed by atoms with E-state index in [2.05, 4.69) is 46.4 Å². The summed E-state index contributed by atoms with van der Waals surface area (Å²) in [5, 5.41) is 3.19. The number of hydrogen-bond donors (Lipinski definition) is 2. The number of aromatic nitrogens is 1. The number of carbonyl (C=O) groups excluding carboxylic acids is 1. The summed E-state index contributed by atoms with van der Waals surface area (Å²) in [5.41, 5.74) is 10.9.